The lowest BCUT2D eigenvalue weighted by Crippen LogP contribution is -2.26. The van der Waals surface area contributed by atoms with Gasteiger partial charge in [0.25, 0.3) is 5.56 Å². The molecule has 0 amide bonds. The number of thiazole rings is 1. The Bertz CT molecular complexity index is 1320. The second-order valence-corrected chi connectivity index (χ2v) is 7.70. The van der Waals surface area contributed by atoms with Crippen molar-refractivity contribution in [3.8, 4) is 0 Å². The van der Waals surface area contributed by atoms with Crippen molar-refractivity contribution < 1.29 is 18.7 Å². The summed E-state index contributed by atoms with van der Waals surface area (Å²) in [5.41, 5.74) is 0.0558. The number of hydrogen-bond donors (Lipinski definition) is 1. The lowest BCUT2D eigenvalue weighted by atomic mass is 10.1. The van der Waals surface area contributed by atoms with Crippen LogP contribution in [-0.2, 0) is 17.8 Å². The van der Waals surface area contributed by atoms with E-state index in [1.54, 1.807) is 18.2 Å². The predicted octanol–water partition coefficient (Wildman–Crippen LogP) is 4.22. The summed E-state index contributed by atoms with van der Waals surface area (Å²) < 4.78 is 29.2. The van der Waals surface area contributed by atoms with E-state index in [0.717, 1.165) is 17.4 Å². The van der Waals surface area contributed by atoms with Crippen molar-refractivity contribution in [3.63, 3.8) is 0 Å². The van der Waals surface area contributed by atoms with E-state index in [9.17, 15) is 18.4 Å². The maximum absolute atomic E-state index is 14.0. The van der Waals surface area contributed by atoms with Crippen molar-refractivity contribution in [2.24, 2.45) is 0 Å². The summed E-state index contributed by atoms with van der Waals surface area (Å²) in [6.45, 7) is -0.00910. The lowest BCUT2D eigenvalue weighted by molar-refractivity contribution is -0.136. The van der Waals surface area contributed by atoms with Crippen LogP contribution in [0.3, 0.4) is 0 Å². The molecule has 0 atom stereocenters. The fraction of sp³-hybridized carbons (Fsp3) is 0.105. The van der Waals surface area contributed by atoms with Crippen LogP contribution in [-0.4, -0.2) is 20.6 Å². The SMILES string of the molecule is O=C(O)Cc1cc2cc(Cl)ccc2n(Cc2nc3c(F)c(F)ccc3s2)c1=O. The van der Waals surface area contributed by atoms with Gasteiger partial charge < -0.3 is 9.67 Å². The van der Waals surface area contributed by atoms with Gasteiger partial charge in [-0.15, -0.1) is 11.3 Å². The van der Waals surface area contributed by atoms with E-state index in [1.807, 2.05) is 0 Å². The van der Waals surface area contributed by atoms with Gasteiger partial charge in [0.1, 0.15) is 10.5 Å². The quantitative estimate of drug-likeness (QED) is 0.536. The van der Waals surface area contributed by atoms with E-state index in [0.29, 0.717) is 25.6 Å². The molecule has 4 aromatic rings. The molecule has 2 aromatic carbocycles. The maximum Gasteiger partial charge on any atom is 0.308 e. The van der Waals surface area contributed by atoms with Crippen molar-refractivity contribution in [3.05, 3.63) is 74.0 Å². The van der Waals surface area contributed by atoms with E-state index in [1.165, 1.54) is 16.7 Å². The minimum atomic E-state index is -1.14. The third-order valence-corrected chi connectivity index (χ3v) is 5.50. The number of carboxylic acids is 1. The Hall–Kier alpha value is -2.84. The predicted molar refractivity (Wildman–Crippen MR) is 103 cm³/mol. The fourth-order valence-corrected chi connectivity index (χ4v) is 4.18. The van der Waals surface area contributed by atoms with Crippen LogP contribution in [0.25, 0.3) is 21.1 Å². The normalized spacial score (nSPS) is 11.4. The molecule has 0 saturated carbocycles. The van der Waals surface area contributed by atoms with Gasteiger partial charge in [0.15, 0.2) is 11.6 Å². The smallest absolute Gasteiger partial charge is 0.308 e. The van der Waals surface area contributed by atoms with Crippen LogP contribution in [0.2, 0.25) is 5.02 Å². The molecule has 0 spiro atoms. The first kappa shape index (κ1) is 18.5. The van der Waals surface area contributed by atoms with Gasteiger partial charge in [-0.3, -0.25) is 9.59 Å². The average molecular weight is 421 g/mol. The summed E-state index contributed by atoms with van der Waals surface area (Å²) >= 11 is 7.16. The van der Waals surface area contributed by atoms with Crippen LogP contribution in [0.5, 0.6) is 0 Å². The number of halogens is 3. The highest BCUT2D eigenvalue weighted by Crippen LogP contribution is 2.27. The molecule has 1 N–H and O–H groups in total. The maximum atomic E-state index is 14.0. The Morgan fingerprint density at radius 3 is 2.75 bits per heavy atom. The number of aliphatic carboxylic acids is 1. The zero-order chi connectivity index (χ0) is 20.0. The van der Waals surface area contributed by atoms with Gasteiger partial charge >= 0.3 is 5.97 Å². The van der Waals surface area contributed by atoms with Gasteiger partial charge in [0, 0.05) is 16.0 Å². The molecular formula is C19H11ClF2N2O3S. The number of benzene rings is 2. The molecule has 0 aliphatic rings. The Balaban J connectivity index is 1.90. The molecule has 4 rings (SSSR count). The van der Waals surface area contributed by atoms with Gasteiger partial charge in [0.05, 0.1) is 23.2 Å². The molecule has 0 radical (unpaired) electrons. The Morgan fingerprint density at radius 2 is 2.00 bits per heavy atom. The van der Waals surface area contributed by atoms with E-state index < -0.39 is 29.6 Å². The number of aromatic nitrogens is 2. The number of carboxylic acid groups (broad SMARTS) is 1. The monoisotopic (exact) mass is 420 g/mol. The molecule has 0 aliphatic heterocycles. The molecule has 28 heavy (non-hydrogen) atoms. The van der Waals surface area contributed by atoms with Crippen molar-refractivity contribution in [1.82, 2.24) is 9.55 Å². The zero-order valence-electron chi connectivity index (χ0n) is 14.1. The second-order valence-electron chi connectivity index (χ2n) is 6.15. The molecule has 5 nitrogen and oxygen atoms in total. The summed E-state index contributed by atoms with van der Waals surface area (Å²) in [6, 6.07) is 8.85. The van der Waals surface area contributed by atoms with Crippen molar-refractivity contribution in [1.29, 1.82) is 0 Å². The minimum absolute atomic E-state index is 0.00910. The van der Waals surface area contributed by atoms with Gasteiger partial charge in [-0.25, -0.2) is 13.8 Å². The zero-order valence-corrected chi connectivity index (χ0v) is 15.7. The first-order chi connectivity index (χ1) is 13.3. The largest absolute Gasteiger partial charge is 0.481 e. The molecule has 142 valence electrons. The number of hydrogen-bond acceptors (Lipinski definition) is 4. The Kier molecular flexibility index (Phi) is 4.60. The molecule has 0 fully saturated rings. The average Bonchev–Trinajstić information content (AvgIpc) is 3.05. The third kappa shape index (κ3) is 3.25. The summed E-state index contributed by atoms with van der Waals surface area (Å²) in [5.74, 6) is -3.17. The number of pyridine rings is 1. The highest BCUT2D eigenvalue weighted by molar-refractivity contribution is 7.18. The van der Waals surface area contributed by atoms with Gasteiger partial charge in [0.2, 0.25) is 0 Å². The van der Waals surface area contributed by atoms with Crippen LogP contribution < -0.4 is 5.56 Å². The summed E-state index contributed by atoms with van der Waals surface area (Å²) in [7, 11) is 0. The summed E-state index contributed by atoms with van der Waals surface area (Å²) in [4.78, 5) is 28.1. The number of carbonyl (C=O) groups is 1. The lowest BCUT2D eigenvalue weighted by Gasteiger charge is -2.11. The van der Waals surface area contributed by atoms with Crippen molar-refractivity contribution >= 4 is 50.0 Å². The van der Waals surface area contributed by atoms with Crippen molar-refractivity contribution in [2.45, 2.75) is 13.0 Å². The molecule has 0 saturated heterocycles. The Morgan fingerprint density at radius 1 is 1.21 bits per heavy atom. The second kappa shape index (κ2) is 6.96. The van der Waals surface area contributed by atoms with E-state index >= 15 is 0 Å². The number of fused-ring (bicyclic) bond motifs is 2. The van der Waals surface area contributed by atoms with E-state index in [2.05, 4.69) is 4.98 Å². The van der Waals surface area contributed by atoms with Crippen LogP contribution in [0.1, 0.15) is 10.6 Å². The number of rotatable bonds is 4. The third-order valence-electron chi connectivity index (χ3n) is 4.26. The van der Waals surface area contributed by atoms with E-state index in [-0.39, 0.29) is 17.6 Å². The Labute approximate surface area is 165 Å². The molecular weight excluding hydrogens is 410 g/mol. The van der Waals surface area contributed by atoms with Crippen LogP contribution >= 0.6 is 22.9 Å². The first-order valence-electron chi connectivity index (χ1n) is 8.10. The summed E-state index contributed by atoms with van der Waals surface area (Å²) in [5, 5.41) is 10.5. The van der Waals surface area contributed by atoms with Crippen LogP contribution in [0, 0.1) is 11.6 Å². The molecule has 0 bridgehead atoms. The van der Waals surface area contributed by atoms with Gasteiger partial charge in [-0.1, -0.05) is 11.6 Å². The standard InChI is InChI=1S/C19H11ClF2N2O3S/c20-11-1-3-13-9(6-11)5-10(7-16(25)26)19(27)24(13)8-15-23-18-14(28-15)4-2-12(21)17(18)22/h1-6H,7-8H2,(H,25,26). The molecule has 0 unspecified atom stereocenters. The van der Waals surface area contributed by atoms with Crippen LogP contribution in [0.4, 0.5) is 8.78 Å². The summed E-state index contributed by atoms with van der Waals surface area (Å²) in [6.07, 6.45) is -0.443. The van der Waals surface area contributed by atoms with Gasteiger partial charge in [-0.05, 0) is 36.4 Å². The molecule has 9 heteroatoms. The molecule has 0 aliphatic carbocycles. The fourth-order valence-electron chi connectivity index (χ4n) is 3.05. The number of nitrogens with zero attached hydrogens (tertiary/aromatic N) is 2. The highest BCUT2D eigenvalue weighted by Gasteiger charge is 2.16. The molecule has 2 heterocycles. The highest BCUT2D eigenvalue weighted by atomic mass is 35.5. The minimum Gasteiger partial charge on any atom is -0.481 e. The topological polar surface area (TPSA) is 72.2 Å². The van der Waals surface area contributed by atoms with E-state index in [4.69, 9.17) is 16.7 Å². The first-order valence-corrected chi connectivity index (χ1v) is 9.30. The van der Waals surface area contributed by atoms with Crippen LogP contribution in [0.15, 0.2) is 41.2 Å². The van der Waals surface area contributed by atoms with Crippen molar-refractivity contribution in [2.75, 3.05) is 0 Å². The molecule has 2 aromatic heterocycles. The van der Waals surface area contributed by atoms with Gasteiger partial charge in [-0.2, -0.15) is 0 Å².